The number of nitrogens with two attached hydrogens (primary N) is 1. The first-order chi connectivity index (χ1) is 14.0. The van der Waals surface area contributed by atoms with E-state index in [2.05, 4.69) is 5.32 Å². The molecule has 29 heavy (non-hydrogen) atoms. The maximum absolute atomic E-state index is 12.7. The number of hydrogen-bond acceptors (Lipinski definition) is 5. The lowest BCUT2D eigenvalue weighted by Crippen LogP contribution is -2.19. The summed E-state index contributed by atoms with van der Waals surface area (Å²) in [5, 5.41) is 12.7. The summed E-state index contributed by atoms with van der Waals surface area (Å²) in [5.74, 6) is -0.249. The molecular formula is C22H21N3O3S. The Morgan fingerprint density at radius 3 is 2.90 bits per heavy atom. The Labute approximate surface area is 173 Å². The second-order valence-electron chi connectivity index (χ2n) is 7.40. The van der Waals surface area contributed by atoms with Crippen molar-refractivity contribution in [3.05, 3.63) is 50.9 Å². The van der Waals surface area contributed by atoms with Crippen LogP contribution in [-0.2, 0) is 24.1 Å². The molecule has 0 fully saturated rings. The highest BCUT2D eigenvalue weighted by Crippen LogP contribution is 2.38. The highest BCUT2D eigenvalue weighted by atomic mass is 32.1. The minimum absolute atomic E-state index is 0.0290. The third-order valence-electron chi connectivity index (χ3n) is 5.24. The number of nitrogens with zero attached hydrogens (tertiary/aromatic N) is 1. The van der Waals surface area contributed by atoms with E-state index in [1.165, 1.54) is 11.3 Å². The number of rotatable bonds is 4. The number of carbonyl (C=O) groups is 2. The fourth-order valence-electron chi connectivity index (χ4n) is 3.93. The minimum atomic E-state index is -0.546. The van der Waals surface area contributed by atoms with Crippen molar-refractivity contribution in [3.8, 4) is 11.8 Å². The van der Waals surface area contributed by atoms with Gasteiger partial charge in [0.1, 0.15) is 28.5 Å². The van der Waals surface area contributed by atoms with Crippen LogP contribution in [0.5, 0.6) is 5.75 Å². The molecule has 1 aromatic carbocycles. The van der Waals surface area contributed by atoms with Gasteiger partial charge in [-0.25, -0.2) is 0 Å². The molecule has 2 heterocycles. The van der Waals surface area contributed by atoms with Crippen molar-refractivity contribution in [2.24, 2.45) is 5.73 Å². The number of nitriles is 1. The third kappa shape index (κ3) is 3.76. The van der Waals surface area contributed by atoms with Gasteiger partial charge in [0, 0.05) is 11.3 Å². The molecule has 1 aliphatic carbocycles. The van der Waals surface area contributed by atoms with Gasteiger partial charge in [-0.1, -0.05) is 6.07 Å². The number of amides is 2. The number of ether oxygens (including phenoxy) is 1. The van der Waals surface area contributed by atoms with Gasteiger partial charge in [0.25, 0.3) is 11.8 Å². The number of hydrogen-bond donors (Lipinski definition) is 2. The molecule has 2 aromatic rings. The Morgan fingerprint density at radius 2 is 2.14 bits per heavy atom. The average molecular weight is 407 g/mol. The second kappa shape index (κ2) is 7.72. The third-order valence-corrected chi connectivity index (χ3v) is 6.45. The van der Waals surface area contributed by atoms with Crippen molar-refractivity contribution in [2.75, 3.05) is 5.32 Å². The van der Waals surface area contributed by atoms with E-state index in [0.717, 1.165) is 59.4 Å². The monoisotopic (exact) mass is 407 g/mol. The highest BCUT2D eigenvalue weighted by molar-refractivity contribution is 7.17. The number of thiophene rings is 1. The zero-order valence-electron chi connectivity index (χ0n) is 16.1. The molecule has 0 radical (unpaired) electrons. The SMILES string of the molecule is CC1Cc2cc(/C=C(/C#N)C(=O)Nc3sc4c(c3C(N)=O)CCCC4)ccc2O1. The van der Waals surface area contributed by atoms with Gasteiger partial charge in [0.05, 0.1) is 5.56 Å². The topological polar surface area (TPSA) is 105 Å². The summed E-state index contributed by atoms with van der Waals surface area (Å²) in [5.41, 5.74) is 8.70. The van der Waals surface area contributed by atoms with Crippen molar-refractivity contribution in [2.45, 2.75) is 45.1 Å². The molecule has 148 valence electrons. The van der Waals surface area contributed by atoms with Crippen molar-refractivity contribution in [1.29, 1.82) is 5.26 Å². The Bertz CT molecular complexity index is 1080. The summed E-state index contributed by atoms with van der Waals surface area (Å²) in [7, 11) is 0. The van der Waals surface area contributed by atoms with Gasteiger partial charge >= 0.3 is 0 Å². The van der Waals surface area contributed by atoms with Gasteiger partial charge in [-0.05, 0) is 67.5 Å². The largest absolute Gasteiger partial charge is 0.490 e. The van der Waals surface area contributed by atoms with Crippen LogP contribution in [0.1, 0.15) is 51.7 Å². The number of aryl methyl sites for hydroxylation is 1. The van der Waals surface area contributed by atoms with Gasteiger partial charge in [-0.3, -0.25) is 9.59 Å². The lowest BCUT2D eigenvalue weighted by Gasteiger charge is -2.11. The molecule has 6 nitrogen and oxygen atoms in total. The molecule has 3 N–H and O–H groups in total. The van der Waals surface area contributed by atoms with E-state index >= 15 is 0 Å². The quantitative estimate of drug-likeness (QED) is 0.597. The number of benzene rings is 1. The van der Waals surface area contributed by atoms with E-state index in [4.69, 9.17) is 10.5 Å². The van der Waals surface area contributed by atoms with Crippen molar-refractivity contribution in [3.63, 3.8) is 0 Å². The van der Waals surface area contributed by atoms with Crippen molar-refractivity contribution in [1.82, 2.24) is 0 Å². The van der Waals surface area contributed by atoms with Crippen LogP contribution >= 0.6 is 11.3 Å². The minimum Gasteiger partial charge on any atom is -0.490 e. The van der Waals surface area contributed by atoms with Crippen molar-refractivity contribution < 1.29 is 14.3 Å². The van der Waals surface area contributed by atoms with E-state index < -0.39 is 11.8 Å². The van der Waals surface area contributed by atoms with E-state index in [1.807, 2.05) is 31.2 Å². The van der Waals surface area contributed by atoms with E-state index in [1.54, 1.807) is 6.08 Å². The molecule has 0 bridgehead atoms. The van der Waals surface area contributed by atoms with E-state index in [9.17, 15) is 14.9 Å². The highest BCUT2D eigenvalue weighted by Gasteiger charge is 2.26. The van der Waals surface area contributed by atoms with Crippen LogP contribution in [0.25, 0.3) is 6.08 Å². The average Bonchev–Trinajstić information content (AvgIpc) is 3.24. The molecule has 1 atom stereocenters. The van der Waals surface area contributed by atoms with Crippen LogP contribution in [0.4, 0.5) is 5.00 Å². The molecule has 1 aromatic heterocycles. The van der Waals surface area contributed by atoms with E-state index in [0.29, 0.717) is 10.6 Å². The fraction of sp³-hybridized carbons (Fsp3) is 0.318. The smallest absolute Gasteiger partial charge is 0.266 e. The van der Waals surface area contributed by atoms with Gasteiger partial charge in [-0.15, -0.1) is 11.3 Å². The standard InChI is InChI=1S/C22H21N3O3S/c1-12-8-14-9-13(6-7-17(14)28-12)10-15(11-23)21(27)25-22-19(20(24)26)16-4-2-3-5-18(16)29-22/h6-7,9-10,12H,2-5,8H2,1H3,(H2,24,26)(H,25,27)/b15-10-. The normalized spacial score (nSPS) is 17.7. The van der Waals surface area contributed by atoms with Gasteiger partial charge in [-0.2, -0.15) is 5.26 Å². The summed E-state index contributed by atoms with van der Waals surface area (Å²) >= 11 is 1.38. The van der Waals surface area contributed by atoms with Crippen LogP contribution in [0, 0.1) is 11.3 Å². The molecular weight excluding hydrogens is 386 g/mol. The summed E-state index contributed by atoms with van der Waals surface area (Å²) in [6, 6.07) is 7.57. The van der Waals surface area contributed by atoms with Gasteiger partial charge in [0.2, 0.25) is 0 Å². The first kappa shape index (κ1) is 19.2. The maximum atomic E-state index is 12.7. The molecule has 0 saturated carbocycles. The lowest BCUT2D eigenvalue weighted by molar-refractivity contribution is -0.112. The molecule has 7 heteroatoms. The number of anilines is 1. The number of nitrogens with one attached hydrogen (secondary N) is 1. The molecule has 1 aliphatic heterocycles. The van der Waals surface area contributed by atoms with Crippen LogP contribution < -0.4 is 15.8 Å². The Morgan fingerprint density at radius 1 is 1.34 bits per heavy atom. The molecule has 0 spiro atoms. The van der Waals surface area contributed by atoms with Gasteiger partial charge < -0.3 is 15.8 Å². The predicted octanol–water partition coefficient (Wildman–Crippen LogP) is 3.59. The summed E-state index contributed by atoms with van der Waals surface area (Å²) in [6.45, 7) is 2.00. The number of primary amides is 1. The molecule has 2 aliphatic rings. The predicted molar refractivity (Wildman–Crippen MR) is 112 cm³/mol. The fourth-order valence-corrected chi connectivity index (χ4v) is 5.22. The molecule has 2 amide bonds. The number of fused-ring (bicyclic) bond motifs is 2. The Kier molecular flexibility index (Phi) is 5.12. The summed E-state index contributed by atoms with van der Waals surface area (Å²) in [6.07, 6.45) is 6.21. The van der Waals surface area contributed by atoms with Crippen LogP contribution in [0.2, 0.25) is 0 Å². The van der Waals surface area contributed by atoms with Gasteiger partial charge in [0.15, 0.2) is 0 Å². The summed E-state index contributed by atoms with van der Waals surface area (Å²) < 4.78 is 5.69. The zero-order chi connectivity index (χ0) is 20.5. The Balaban J connectivity index is 1.60. The summed E-state index contributed by atoms with van der Waals surface area (Å²) in [4.78, 5) is 25.8. The first-order valence-corrected chi connectivity index (χ1v) is 10.4. The maximum Gasteiger partial charge on any atom is 0.266 e. The molecule has 1 unspecified atom stereocenters. The zero-order valence-corrected chi connectivity index (χ0v) is 16.9. The van der Waals surface area contributed by atoms with Crippen LogP contribution in [0.3, 0.4) is 0 Å². The molecule has 4 rings (SSSR count). The van der Waals surface area contributed by atoms with Crippen molar-refractivity contribution >= 4 is 34.2 Å². The molecule has 0 saturated heterocycles. The second-order valence-corrected chi connectivity index (χ2v) is 8.51. The van der Waals surface area contributed by atoms with Crippen LogP contribution in [0.15, 0.2) is 23.8 Å². The number of carbonyl (C=O) groups excluding carboxylic acids is 2. The van der Waals surface area contributed by atoms with Crippen LogP contribution in [-0.4, -0.2) is 17.9 Å². The Hall–Kier alpha value is -3.11. The van der Waals surface area contributed by atoms with E-state index in [-0.39, 0.29) is 11.7 Å². The first-order valence-electron chi connectivity index (χ1n) is 9.63. The lowest BCUT2D eigenvalue weighted by atomic mass is 9.95.